The van der Waals surface area contributed by atoms with Crippen LogP contribution in [0, 0.1) is 0 Å². The highest BCUT2D eigenvalue weighted by Gasteiger charge is 2.26. The van der Waals surface area contributed by atoms with Crippen molar-refractivity contribution < 1.29 is 4.57 Å². The molecule has 0 heterocycles. The molecule has 0 aromatic carbocycles. The highest BCUT2D eigenvalue weighted by Crippen LogP contribution is 2.38. The van der Waals surface area contributed by atoms with E-state index in [1.807, 2.05) is 6.92 Å². The molecule has 0 amide bonds. The van der Waals surface area contributed by atoms with E-state index in [1.54, 1.807) is 0 Å². The minimum Gasteiger partial charge on any atom is -0.0955 e. The maximum Gasteiger partial charge on any atom is 0.521 e. The van der Waals surface area contributed by atoms with Gasteiger partial charge in [-0.05, 0) is 6.32 Å². The summed E-state index contributed by atoms with van der Waals surface area (Å²) >= 11 is 2.19. The fourth-order valence-electron chi connectivity index (χ4n) is 0.180. The van der Waals surface area contributed by atoms with Crippen LogP contribution in [0.1, 0.15) is 6.92 Å². The van der Waals surface area contributed by atoms with Crippen LogP contribution < -0.4 is 0 Å². The molecule has 0 N–H and O–H groups in total. The van der Waals surface area contributed by atoms with Crippen molar-refractivity contribution in [1.82, 2.24) is 0 Å². The fraction of sp³-hybridized carbons (Fsp3) is 1.00. The summed E-state index contributed by atoms with van der Waals surface area (Å²) in [6.45, 7) is 2.04. The summed E-state index contributed by atoms with van der Waals surface area (Å²) in [5.74, 6) is 0. The summed E-state index contributed by atoms with van der Waals surface area (Å²) in [6, 6.07) is 0. The molecule has 5 heteroatoms. The highest BCUT2D eigenvalue weighted by molar-refractivity contribution is 14.1. The van der Waals surface area contributed by atoms with Crippen molar-refractivity contribution in [2.45, 2.75) is 13.2 Å². The van der Waals surface area contributed by atoms with Crippen LogP contribution in [0.25, 0.3) is 0 Å². The average Bonchev–Trinajstić information content (AvgIpc) is 1.65. The zero-order chi connectivity index (χ0) is 5.86. The Morgan fingerprint density at radius 2 is 2.43 bits per heavy atom. The van der Waals surface area contributed by atoms with Gasteiger partial charge in [0.25, 0.3) is 7.37 Å². The molecule has 0 aliphatic heterocycles. The van der Waals surface area contributed by atoms with E-state index >= 15 is 0 Å². The zero-order valence-corrected chi connectivity index (χ0v) is 8.30. The maximum absolute atomic E-state index is 10.5. The second kappa shape index (κ2) is 4.23. The SMILES string of the molecule is CCB(I)[P+](=O)P. The van der Waals surface area contributed by atoms with Gasteiger partial charge in [0.2, 0.25) is 0 Å². The monoisotopic (exact) mass is 247 g/mol. The first kappa shape index (κ1) is 8.32. The van der Waals surface area contributed by atoms with Crippen LogP contribution in [0.15, 0.2) is 0 Å². The quantitative estimate of drug-likeness (QED) is 0.416. The Balaban J connectivity index is 3.34. The maximum atomic E-state index is 10.5. The number of rotatable bonds is 2. The summed E-state index contributed by atoms with van der Waals surface area (Å²) in [5.41, 5.74) is 0. The normalized spacial score (nSPS) is 11.0. The lowest BCUT2D eigenvalue weighted by Crippen LogP contribution is -1.86. The molecule has 7 heavy (non-hydrogen) atoms. The number of hydrogen-bond acceptors (Lipinski definition) is 1. The van der Waals surface area contributed by atoms with E-state index < -0.39 is 7.37 Å². The van der Waals surface area contributed by atoms with Gasteiger partial charge in [0.1, 0.15) is 8.93 Å². The minimum absolute atomic E-state index is 0.345. The molecular formula is C2H7BIOP2+. The van der Waals surface area contributed by atoms with E-state index in [4.69, 9.17) is 0 Å². The van der Waals surface area contributed by atoms with Crippen molar-refractivity contribution in [3.05, 3.63) is 0 Å². The van der Waals surface area contributed by atoms with Crippen molar-refractivity contribution >= 4 is 43.0 Å². The van der Waals surface area contributed by atoms with Gasteiger partial charge in [0.15, 0.2) is 0 Å². The molecule has 0 spiro atoms. The molecule has 2 unspecified atom stereocenters. The number of halogens is 1. The van der Waals surface area contributed by atoms with Crippen LogP contribution in [0.5, 0.6) is 0 Å². The van der Waals surface area contributed by atoms with Crippen LogP contribution in [-0.2, 0) is 4.57 Å². The number of hydrogen-bond donors (Lipinski definition) is 0. The van der Waals surface area contributed by atoms with Gasteiger partial charge >= 0.3 is 4.29 Å². The highest BCUT2D eigenvalue weighted by atomic mass is 127. The van der Waals surface area contributed by atoms with Gasteiger partial charge in [-0.3, -0.25) is 0 Å². The first-order valence-electron chi connectivity index (χ1n) is 2.03. The van der Waals surface area contributed by atoms with Crippen molar-refractivity contribution in [1.29, 1.82) is 0 Å². The molecule has 40 valence electrons. The molecule has 0 fully saturated rings. The van der Waals surface area contributed by atoms with Gasteiger partial charge in [0, 0.05) is 0 Å². The van der Waals surface area contributed by atoms with Crippen LogP contribution >= 0.6 is 38.7 Å². The molecule has 0 aromatic heterocycles. The molecule has 0 saturated carbocycles. The third-order valence-corrected chi connectivity index (χ3v) is 6.96. The Hall–Kier alpha value is 1.32. The topological polar surface area (TPSA) is 17.1 Å². The van der Waals surface area contributed by atoms with Crippen LogP contribution in [0.4, 0.5) is 0 Å². The van der Waals surface area contributed by atoms with Crippen LogP contribution in [-0.4, -0.2) is 4.29 Å². The molecule has 0 saturated heterocycles. The van der Waals surface area contributed by atoms with E-state index in [2.05, 4.69) is 31.3 Å². The lowest BCUT2D eigenvalue weighted by molar-refractivity contribution is 0.602. The molecule has 1 nitrogen and oxygen atoms in total. The smallest absolute Gasteiger partial charge is 0.0955 e. The predicted molar refractivity (Wildman–Crippen MR) is 47.6 cm³/mol. The second-order valence-electron chi connectivity index (χ2n) is 1.20. The van der Waals surface area contributed by atoms with Gasteiger partial charge in [-0.15, -0.1) is 0 Å². The molecular weight excluding hydrogens is 240 g/mol. The van der Waals surface area contributed by atoms with E-state index in [1.165, 1.54) is 0 Å². The van der Waals surface area contributed by atoms with Gasteiger partial charge in [-0.1, -0.05) is 33.9 Å². The Morgan fingerprint density at radius 3 is 2.43 bits per heavy atom. The predicted octanol–water partition coefficient (Wildman–Crippen LogP) is 2.55. The molecule has 0 aromatic rings. The van der Waals surface area contributed by atoms with Crippen molar-refractivity contribution in [3.63, 3.8) is 0 Å². The third-order valence-electron chi connectivity index (χ3n) is 0.613. The van der Waals surface area contributed by atoms with E-state index in [0.717, 1.165) is 6.32 Å². The third kappa shape index (κ3) is 3.87. The van der Waals surface area contributed by atoms with E-state index in [0.29, 0.717) is 4.29 Å². The molecule has 0 aliphatic carbocycles. The summed E-state index contributed by atoms with van der Waals surface area (Å²) in [4.78, 5) is 0. The Bertz CT molecular complexity index is 78.1. The van der Waals surface area contributed by atoms with Crippen molar-refractivity contribution in [2.75, 3.05) is 0 Å². The molecule has 2 atom stereocenters. The summed E-state index contributed by atoms with van der Waals surface area (Å²) in [6.07, 6.45) is 0.999. The largest absolute Gasteiger partial charge is 0.521 e. The van der Waals surface area contributed by atoms with Crippen molar-refractivity contribution in [2.24, 2.45) is 0 Å². The summed E-state index contributed by atoms with van der Waals surface area (Å²) in [5, 5.41) is 0. The Labute approximate surface area is 60.8 Å². The summed E-state index contributed by atoms with van der Waals surface area (Å²) in [7, 11) is 1.31. The van der Waals surface area contributed by atoms with Gasteiger partial charge in [0.05, 0.1) is 0 Å². The van der Waals surface area contributed by atoms with Crippen molar-refractivity contribution in [3.8, 4) is 0 Å². The average molecular weight is 247 g/mol. The van der Waals surface area contributed by atoms with Gasteiger partial charge in [-0.25, -0.2) is 0 Å². The van der Waals surface area contributed by atoms with Gasteiger partial charge < -0.3 is 0 Å². The molecule has 0 rings (SSSR count). The fourth-order valence-corrected chi connectivity index (χ4v) is 1.17. The summed E-state index contributed by atoms with van der Waals surface area (Å²) < 4.78 is 10.8. The zero-order valence-electron chi connectivity index (χ0n) is 4.10. The Morgan fingerprint density at radius 1 is 2.00 bits per heavy atom. The molecule has 0 radical (unpaired) electrons. The lowest BCUT2D eigenvalue weighted by Gasteiger charge is -1.76. The molecule has 0 bridgehead atoms. The van der Waals surface area contributed by atoms with E-state index in [-0.39, 0.29) is 0 Å². The minimum atomic E-state index is -1.01. The second-order valence-corrected chi connectivity index (χ2v) is 6.56. The Kier molecular flexibility index (Phi) is 5.03. The van der Waals surface area contributed by atoms with Crippen LogP contribution in [0.2, 0.25) is 6.32 Å². The molecule has 0 aliphatic rings. The van der Waals surface area contributed by atoms with Crippen LogP contribution in [0.3, 0.4) is 0 Å². The van der Waals surface area contributed by atoms with Gasteiger partial charge in [-0.2, -0.15) is 0 Å². The lowest BCUT2D eigenvalue weighted by atomic mass is 10.1. The van der Waals surface area contributed by atoms with E-state index in [9.17, 15) is 4.57 Å². The first-order valence-corrected chi connectivity index (χ1v) is 6.23. The first-order chi connectivity index (χ1) is 3.18. The standard InChI is InChI=1S/C2H7BIOP2/c1-2-3(4)7(5)6/h2,6H2,1H3/q+1.